The summed E-state index contributed by atoms with van der Waals surface area (Å²) in [6.07, 6.45) is 2.99. The number of nitrogens with two attached hydrogens (primary N) is 1. The van der Waals surface area contributed by atoms with Crippen molar-refractivity contribution in [3.8, 4) is 0 Å². The summed E-state index contributed by atoms with van der Waals surface area (Å²) in [5.74, 6) is 1.31. The van der Waals surface area contributed by atoms with E-state index in [4.69, 9.17) is 5.73 Å². The molecule has 0 aromatic carbocycles. The molecule has 0 radical (unpaired) electrons. The first-order valence-corrected chi connectivity index (χ1v) is 6.83. The molecule has 5 heteroatoms. The van der Waals surface area contributed by atoms with Crippen LogP contribution in [0, 0.1) is 12.8 Å². The van der Waals surface area contributed by atoms with E-state index in [1.807, 2.05) is 17.9 Å². The number of carbonyl (C=O) groups excluding carboxylic acids is 1. The average Bonchev–Trinajstić information content (AvgIpc) is 2.33. The summed E-state index contributed by atoms with van der Waals surface area (Å²) in [6.45, 7) is 6.79. The van der Waals surface area contributed by atoms with Crippen molar-refractivity contribution in [1.29, 1.82) is 0 Å². The van der Waals surface area contributed by atoms with Crippen molar-refractivity contribution >= 4 is 5.91 Å². The van der Waals surface area contributed by atoms with Crippen LogP contribution in [0.1, 0.15) is 44.2 Å². The van der Waals surface area contributed by atoms with Gasteiger partial charge in [-0.25, -0.2) is 9.97 Å². The van der Waals surface area contributed by atoms with E-state index in [1.54, 1.807) is 6.20 Å². The van der Waals surface area contributed by atoms with Gasteiger partial charge in [-0.3, -0.25) is 4.79 Å². The third-order valence-corrected chi connectivity index (χ3v) is 3.42. The molecule has 5 nitrogen and oxygen atoms in total. The first-order valence-electron chi connectivity index (χ1n) is 6.83. The van der Waals surface area contributed by atoms with E-state index < -0.39 is 0 Å². The third-order valence-electron chi connectivity index (χ3n) is 3.42. The minimum Gasteiger partial charge on any atom is -0.332 e. The van der Waals surface area contributed by atoms with Gasteiger partial charge in [-0.2, -0.15) is 0 Å². The van der Waals surface area contributed by atoms with Gasteiger partial charge in [0, 0.05) is 25.2 Å². The number of piperidine rings is 1. The molecule has 104 valence electrons. The lowest BCUT2D eigenvalue weighted by molar-refractivity contribution is -0.138. The maximum absolute atomic E-state index is 12.2. The van der Waals surface area contributed by atoms with Crippen molar-refractivity contribution in [3.63, 3.8) is 0 Å². The number of carbonyl (C=O) groups is 1. The Labute approximate surface area is 114 Å². The molecule has 0 bridgehead atoms. The summed E-state index contributed by atoms with van der Waals surface area (Å²) in [6, 6.07) is 1.69. The molecule has 2 unspecified atom stereocenters. The van der Waals surface area contributed by atoms with Gasteiger partial charge >= 0.3 is 0 Å². The molecule has 19 heavy (non-hydrogen) atoms. The average molecular weight is 262 g/mol. The van der Waals surface area contributed by atoms with Gasteiger partial charge in [0.05, 0.1) is 11.7 Å². The highest BCUT2D eigenvalue weighted by Gasteiger charge is 2.35. The molecule has 1 fully saturated rings. The zero-order valence-corrected chi connectivity index (χ0v) is 11.8. The Balaban J connectivity index is 2.33. The molecule has 1 saturated heterocycles. The van der Waals surface area contributed by atoms with Gasteiger partial charge in [0.15, 0.2) is 0 Å². The second-order valence-corrected chi connectivity index (χ2v) is 5.62. The molecule has 1 amide bonds. The maximum Gasteiger partial charge on any atom is 0.223 e. The fourth-order valence-electron chi connectivity index (χ4n) is 2.60. The number of hydrogen-bond acceptors (Lipinski definition) is 4. The van der Waals surface area contributed by atoms with Crippen LogP contribution >= 0.6 is 0 Å². The smallest absolute Gasteiger partial charge is 0.223 e. The van der Waals surface area contributed by atoms with Crippen LogP contribution < -0.4 is 5.73 Å². The van der Waals surface area contributed by atoms with Gasteiger partial charge in [0.25, 0.3) is 0 Å². The van der Waals surface area contributed by atoms with Crippen molar-refractivity contribution in [3.05, 3.63) is 23.8 Å². The predicted molar refractivity (Wildman–Crippen MR) is 73.3 cm³/mol. The Hall–Kier alpha value is -1.49. The van der Waals surface area contributed by atoms with E-state index >= 15 is 0 Å². The van der Waals surface area contributed by atoms with Crippen LogP contribution in [0.5, 0.6) is 0 Å². The lowest BCUT2D eigenvalue weighted by Gasteiger charge is -2.40. The van der Waals surface area contributed by atoms with Gasteiger partial charge in [0.2, 0.25) is 5.91 Å². The molecule has 1 aliphatic heterocycles. The minimum absolute atomic E-state index is 0.0502. The van der Waals surface area contributed by atoms with Crippen LogP contribution in [-0.4, -0.2) is 33.4 Å². The van der Waals surface area contributed by atoms with E-state index in [-0.39, 0.29) is 18.0 Å². The monoisotopic (exact) mass is 262 g/mol. The summed E-state index contributed by atoms with van der Waals surface area (Å²) in [5, 5.41) is 0. The fraction of sp³-hybridized carbons (Fsp3) is 0.643. The number of aryl methyl sites for hydroxylation is 1. The molecule has 2 heterocycles. The summed E-state index contributed by atoms with van der Waals surface area (Å²) >= 11 is 0. The van der Waals surface area contributed by atoms with Crippen LogP contribution in [0.2, 0.25) is 0 Å². The van der Waals surface area contributed by atoms with Crippen molar-refractivity contribution in [2.24, 2.45) is 11.7 Å². The van der Waals surface area contributed by atoms with Crippen LogP contribution in [0.25, 0.3) is 0 Å². The molecule has 0 saturated carbocycles. The largest absolute Gasteiger partial charge is 0.332 e. The molecule has 2 atom stereocenters. The number of aromatic nitrogens is 2. The van der Waals surface area contributed by atoms with Crippen molar-refractivity contribution in [2.75, 3.05) is 6.54 Å². The van der Waals surface area contributed by atoms with E-state index in [0.29, 0.717) is 18.2 Å². The van der Waals surface area contributed by atoms with E-state index in [9.17, 15) is 4.79 Å². The summed E-state index contributed by atoms with van der Waals surface area (Å²) in [5.41, 5.74) is 7.09. The Kier molecular flexibility index (Phi) is 4.14. The molecule has 1 aromatic heterocycles. The lowest BCUT2D eigenvalue weighted by atomic mass is 9.92. The Bertz CT molecular complexity index is 461. The topological polar surface area (TPSA) is 72.1 Å². The number of amides is 1. The third kappa shape index (κ3) is 3.10. The minimum atomic E-state index is -0.120. The molecule has 2 rings (SSSR count). The van der Waals surface area contributed by atoms with Crippen molar-refractivity contribution in [1.82, 2.24) is 14.9 Å². The van der Waals surface area contributed by atoms with Crippen LogP contribution in [0.3, 0.4) is 0 Å². The highest BCUT2D eigenvalue weighted by Crippen LogP contribution is 2.30. The maximum atomic E-state index is 12.2. The molecule has 2 N–H and O–H groups in total. The molecule has 0 spiro atoms. The first kappa shape index (κ1) is 13.9. The zero-order chi connectivity index (χ0) is 14.0. The number of hydrogen-bond donors (Lipinski definition) is 1. The van der Waals surface area contributed by atoms with Gasteiger partial charge in [-0.05, 0) is 25.3 Å². The summed E-state index contributed by atoms with van der Waals surface area (Å²) in [7, 11) is 0. The lowest BCUT2D eigenvalue weighted by Crippen LogP contribution is -2.50. The quantitative estimate of drug-likeness (QED) is 0.894. The number of rotatable bonds is 3. The summed E-state index contributed by atoms with van der Waals surface area (Å²) in [4.78, 5) is 22.6. The SMILES string of the molecule is Cc1nccc(C2C(N)CCC(=O)N2CC(C)C)n1. The van der Waals surface area contributed by atoms with Crippen LogP contribution in [-0.2, 0) is 4.79 Å². The Morgan fingerprint density at radius 1 is 1.53 bits per heavy atom. The van der Waals surface area contributed by atoms with E-state index in [2.05, 4.69) is 23.8 Å². The Morgan fingerprint density at radius 3 is 2.89 bits per heavy atom. The van der Waals surface area contributed by atoms with Crippen molar-refractivity contribution < 1.29 is 4.79 Å². The second kappa shape index (κ2) is 5.65. The predicted octanol–water partition coefficient (Wildman–Crippen LogP) is 1.43. The molecular weight excluding hydrogens is 240 g/mol. The van der Waals surface area contributed by atoms with Gasteiger partial charge in [-0.15, -0.1) is 0 Å². The van der Waals surface area contributed by atoms with Crippen molar-refractivity contribution in [2.45, 2.75) is 45.7 Å². The normalized spacial score (nSPS) is 24.1. The summed E-state index contributed by atoms with van der Waals surface area (Å²) < 4.78 is 0. The van der Waals surface area contributed by atoms with Crippen LogP contribution in [0.4, 0.5) is 0 Å². The molecule has 1 aliphatic rings. The molecule has 1 aromatic rings. The number of nitrogens with zero attached hydrogens (tertiary/aromatic N) is 3. The van der Waals surface area contributed by atoms with Gasteiger partial charge in [-0.1, -0.05) is 13.8 Å². The van der Waals surface area contributed by atoms with E-state index in [1.165, 1.54) is 0 Å². The molecular formula is C14H22N4O. The highest BCUT2D eigenvalue weighted by atomic mass is 16.2. The number of likely N-dealkylation sites (tertiary alicyclic amines) is 1. The highest BCUT2D eigenvalue weighted by molar-refractivity contribution is 5.77. The Morgan fingerprint density at radius 2 is 2.26 bits per heavy atom. The zero-order valence-electron chi connectivity index (χ0n) is 11.8. The van der Waals surface area contributed by atoms with Crippen LogP contribution in [0.15, 0.2) is 12.3 Å². The second-order valence-electron chi connectivity index (χ2n) is 5.62. The standard InChI is InChI=1S/C14H22N4O/c1-9(2)8-18-13(19)5-4-11(15)14(18)12-6-7-16-10(3)17-12/h6-7,9,11,14H,4-5,8,15H2,1-3H3. The fourth-order valence-corrected chi connectivity index (χ4v) is 2.60. The van der Waals surface area contributed by atoms with Gasteiger partial charge < -0.3 is 10.6 Å². The van der Waals surface area contributed by atoms with Gasteiger partial charge in [0.1, 0.15) is 5.82 Å². The van der Waals surface area contributed by atoms with E-state index in [0.717, 1.165) is 18.7 Å². The molecule has 0 aliphatic carbocycles. The first-order chi connectivity index (χ1) is 8.99.